The normalized spacial score (nSPS) is 20.7. The van der Waals surface area contributed by atoms with Crippen molar-refractivity contribution in [2.45, 2.75) is 25.7 Å². The van der Waals surface area contributed by atoms with E-state index in [4.69, 9.17) is 0 Å². The van der Waals surface area contributed by atoms with Crippen LogP contribution in [0.5, 0.6) is 0 Å². The van der Waals surface area contributed by atoms with E-state index in [1.165, 1.54) is 25.7 Å². The van der Waals surface area contributed by atoms with Crippen LogP contribution in [0.3, 0.4) is 0 Å². The van der Waals surface area contributed by atoms with Crippen LogP contribution in [0.1, 0.15) is 25.7 Å². The van der Waals surface area contributed by atoms with Crippen LogP contribution in [0.15, 0.2) is 36.5 Å². The zero-order chi connectivity index (χ0) is 16.8. The van der Waals surface area contributed by atoms with Gasteiger partial charge in [0.25, 0.3) is 0 Å². The number of pyridine rings is 1. The van der Waals surface area contributed by atoms with Crippen molar-refractivity contribution < 1.29 is 4.79 Å². The number of hydrogen-bond acceptors (Lipinski definition) is 3. The third-order valence-electron chi connectivity index (χ3n) is 4.86. The molecule has 1 aliphatic rings. The first-order valence-corrected chi connectivity index (χ1v) is 8.79. The average molecular weight is 326 g/mol. The van der Waals surface area contributed by atoms with Gasteiger partial charge in [-0.25, -0.2) is 4.79 Å². The number of carbonyl (C=O) groups excluding carboxylic acids is 1. The topological polar surface area (TPSA) is 66.0 Å². The van der Waals surface area contributed by atoms with Crippen LogP contribution in [0.25, 0.3) is 10.9 Å². The minimum absolute atomic E-state index is 0.149. The number of nitrogens with zero attached hydrogens (tertiary/aromatic N) is 1. The van der Waals surface area contributed by atoms with Gasteiger partial charge < -0.3 is 16.0 Å². The predicted molar refractivity (Wildman–Crippen MR) is 98.1 cm³/mol. The van der Waals surface area contributed by atoms with Gasteiger partial charge in [-0.3, -0.25) is 4.98 Å². The van der Waals surface area contributed by atoms with E-state index in [-0.39, 0.29) is 6.03 Å². The van der Waals surface area contributed by atoms with E-state index in [9.17, 15) is 4.79 Å². The van der Waals surface area contributed by atoms with Gasteiger partial charge in [-0.05, 0) is 63.2 Å². The number of carbonyl (C=O) groups is 1. The van der Waals surface area contributed by atoms with Gasteiger partial charge in [0.2, 0.25) is 0 Å². The Morgan fingerprint density at radius 1 is 1.12 bits per heavy atom. The molecule has 3 N–H and O–H groups in total. The molecule has 0 aliphatic heterocycles. The van der Waals surface area contributed by atoms with Gasteiger partial charge in [0.1, 0.15) is 0 Å². The predicted octanol–water partition coefficient (Wildman–Crippen LogP) is 3.38. The molecule has 2 amide bonds. The van der Waals surface area contributed by atoms with Gasteiger partial charge in [0, 0.05) is 11.9 Å². The van der Waals surface area contributed by atoms with Crippen LogP contribution in [-0.2, 0) is 0 Å². The lowest BCUT2D eigenvalue weighted by atomic mass is 9.82. The zero-order valence-electron chi connectivity index (χ0n) is 14.2. The Kier molecular flexibility index (Phi) is 5.64. The van der Waals surface area contributed by atoms with Gasteiger partial charge in [-0.15, -0.1) is 0 Å². The van der Waals surface area contributed by atoms with Crippen LogP contribution in [-0.4, -0.2) is 31.2 Å². The Hall–Kier alpha value is -2.14. The Labute approximate surface area is 143 Å². The number of urea groups is 1. The molecule has 0 unspecified atom stereocenters. The van der Waals surface area contributed by atoms with E-state index in [0.29, 0.717) is 5.92 Å². The van der Waals surface area contributed by atoms with E-state index in [1.807, 2.05) is 37.4 Å². The van der Waals surface area contributed by atoms with E-state index in [0.717, 1.165) is 35.6 Å². The molecule has 3 rings (SSSR count). The maximum atomic E-state index is 12.1. The Morgan fingerprint density at radius 2 is 1.83 bits per heavy atom. The summed E-state index contributed by atoms with van der Waals surface area (Å²) in [6, 6.07) is 9.69. The summed E-state index contributed by atoms with van der Waals surface area (Å²) < 4.78 is 0. The minimum atomic E-state index is -0.149. The van der Waals surface area contributed by atoms with Crippen LogP contribution in [0.2, 0.25) is 0 Å². The SMILES string of the molecule is CNCC1CCC(CNC(=O)Nc2cnc3ccccc3c2)CC1. The molecule has 5 nitrogen and oxygen atoms in total. The van der Waals surface area contributed by atoms with E-state index in [2.05, 4.69) is 20.9 Å². The smallest absolute Gasteiger partial charge is 0.319 e. The number of fused-ring (bicyclic) bond motifs is 1. The molecule has 1 heterocycles. The molecular formula is C19H26N4O. The Bertz CT molecular complexity index is 680. The summed E-state index contributed by atoms with van der Waals surface area (Å²) in [5, 5.41) is 10.2. The lowest BCUT2D eigenvalue weighted by molar-refractivity contribution is 0.240. The van der Waals surface area contributed by atoms with Crippen LogP contribution in [0.4, 0.5) is 10.5 Å². The molecule has 0 bridgehead atoms. The highest BCUT2D eigenvalue weighted by molar-refractivity contribution is 5.91. The molecular weight excluding hydrogens is 300 g/mol. The summed E-state index contributed by atoms with van der Waals surface area (Å²) in [6.07, 6.45) is 6.60. The highest BCUT2D eigenvalue weighted by atomic mass is 16.2. The van der Waals surface area contributed by atoms with Gasteiger partial charge in [-0.1, -0.05) is 18.2 Å². The molecule has 5 heteroatoms. The van der Waals surface area contributed by atoms with Gasteiger partial charge in [0.05, 0.1) is 17.4 Å². The fourth-order valence-corrected chi connectivity index (χ4v) is 3.48. The highest BCUT2D eigenvalue weighted by Gasteiger charge is 2.20. The molecule has 24 heavy (non-hydrogen) atoms. The molecule has 0 saturated heterocycles. The summed E-state index contributed by atoms with van der Waals surface area (Å²) in [7, 11) is 2.01. The number of amides is 2. The standard InChI is InChI=1S/C19H26N4O/c1-20-11-14-6-8-15(9-7-14)12-22-19(24)23-17-10-16-4-2-3-5-18(16)21-13-17/h2-5,10,13-15,20H,6-9,11-12H2,1H3,(H2,22,23,24). The molecule has 1 fully saturated rings. The van der Waals surface area contributed by atoms with Crippen LogP contribution < -0.4 is 16.0 Å². The molecule has 1 aromatic heterocycles. The summed E-state index contributed by atoms with van der Waals surface area (Å²) in [5.41, 5.74) is 1.66. The average Bonchev–Trinajstić information content (AvgIpc) is 2.61. The monoisotopic (exact) mass is 326 g/mol. The van der Waals surface area contributed by atoms with Crippen molar-refractivity contribution in [3.63, 3.8) is 0 Å². The molecule has 1 saturated carbocycles. The number of aromatic nitrogens is 1. The Morgan fingerprint density at radius 3 is 2.58 bits per heavy atom. The molecule has 0 radical (unpaired) electrons. The number of anilines is 1. The Balaban J connectivity index is 1.45. The second kappa shape index (κ2) is 8.11. The van der Waals surface area contributed by atoms with Crippen LogP contribution >= 0.6 is 0 Å². The molecule has 2 aromatic rings. The number of rotatable bonds is 5. The van der Waals surface area contributed by atoms with Crippen molar-refractivity contribution in [3.05, 3.63) is 36.5 Å². The van der Waals surface area contributed by atoms with Gasteiger partial charge in [-0.2, -0.15) is 0 Å². The first kappa shape index (κ1) is 16.7. The third kappa shape index (κ3) is 4.45. The minimum Gasteiger partial charge on any atom is -0.338 e. The number of nitrogens with one attached hydrogen (secondary N) is 3. The van der Waals surface area contributed by atoms with E-state index >= 15 is 0 Å². The van der Waals surface area contributed by atoms with Crippen LogP contribution in [0, 0.1) is 11.8 Å². The molecule has 128 valence electrons. The molecule has 1 aromatic carbocycles. The van der Waals surface area contributed by atoms with Gasteiger partial charge in [0.15, 0.2) is 0 Å². The second-order valence-electron chi connectivity index (χ2n) is 6.70. The van der Waals surface area contributed by atoms with Crippen molar-refractivity contribution in [3.8, 4) is 0 Å². The van der Waals surface area contributed by atoms with Crippen molar-refractivity contribution in [2.75, 3.05) is 25.5 Å². The van der Waals surface area contributed by atoms with Gasteiger partial charge >= 0.3 is 6.03 Å². The highest BCUT2D eigenvalue weighted by Crippen LogP contribution is 2.27. The van der Waals surface area contributed by atoms with Crippen molar-refractivity contribution in [2.24, 2.45) is 11.8 Å². The fraction of sp³-hybridized carbons (Fsp3) is 0.474. The first-order chi connectivity index (χ1) is 11.7. The lowest BCUT2D eigenvalue weighted by Crippen LogP contribution is -2.35. The number of benzene rings is 1. The lowest BCUT2D eigenvalue weighted by Gasteiger charge is -2.28. The molecule has 0 atom stereocenters. The molecule has 0 spiro atoms. The summed E-state index contributed by atoms with van der Waals surface area (Å²) in [4.78, 5) is 16.5. The summed E-state index contributed by atoms with van der Waals surface area (Å²) >= 11 is 0. The quantitative estimate of drug-likeness (QED) is 0.789. The van der Waals surface area contributed by atoms with Crippen molar-refractivity contribution >= 4 is 22.6 Å². The largest absolute Gasteiger partial charge is 0.338 e. The van der Waals surface area contributed by atoms with E-state index < -0.39 is 0 Å². The first-order valence-electron chi connectivity index (χ1n) is 8.79. The summed E-state index contributed by atoms with van der Waals surface area (Å²) in [6.45, 7) is 1.86. The maximum Gasteiger partial charge on any atom is 0.319 e. The van der Waals surface area contributed by atoms with Crippen molar-refractivity contribution in [1.82, 2.24) is 15.6 Å². The zero-order valence-corrected chi connectivity index (χ0v) is 14.2. The summed E-state index contributed by atoms with van der Waals surface area (Å²) in [5.74, 6) is 1.39. The third-order valence-corrected chi connectivity index (χ3v) is 4.86. The fourth-order valence-electron chi connectivity index (χ4n) is 3.48. The second-order valence-corrected chi connectivity index (χ2v) is 6.70. The van der Waals surface area contributed by atoms with Crippen molar-refractivity contribution in [1.29, 1.82) is 0 Å². The maximum absolute atomic E-state index is 12.1. The number of hydrogen-bond donors (Lipinski definition) is 3. The number of para-hydroxylation sites is 1. The molecule has 1 aliphatic carbocycles. The van der Waals surface area contributed by atoms with E-state index in [1.54, 1.807) is 6.20 Å².